The van der Waals surface area contributed by atoms with Crippen molar-refractivity contribution in [2.75, 3.05) is 5.32 Å². The van der Waals surface area contributed by atoms with Gasteiger partial charge in [-0.1, -0.05) is 25.0 Å². The molecule has 0 heterocycles. The Morgan fingerprint density at radius 2 is 2.15 bits per heavy atom. The first kappa shape index (κ1) is 15.0. The zero-order chi connectivity index (χ0) is 14.4. The molecule has 0 radical (unpaired) electrons. The van der Waals surface area contributed by atoms with Crippen LogP contribution in [-0.4, -0.2) is 17.2 Å². The zero-order valence-corrected chi connectivity index (χ0v) is 12.3. The summed E-state index contributed by atoms with van der Waals surface area (Å²) in [6.07, 6.45) is 10.6. The smallest absolute Gasteiger partial charge is 0.242 e. The number of benzene rings is 1. The number of anilines is 1. The molecule has 0 saturated heterocycles. The highest BCUT2D eigenvalue weighted by Crippen LogP contribution is 2.37. The zero-order valence-electron chi connectivity index (χ0n) is 11.5. The summed E-state index contributed by atoms with van der Waals surface area (Å²) in [5.74, 6) is 2.20. The van der Waals surface area contributed by atoms with E-state index in [4.69, 9.17) is 12.2 Å². The van der Waals surface area contributed by atoms with Gasteiger partial charge in [0, 0.05) is 16.6 Å². The fourth-order valence-electron chi connectivity index (χ4n) is 2.30. The molecule has 106 valence electrons. The van der Waals surface area contributed by atoms with Crippen LogP contribution in [0.4, 0.5) is 5.69 Å². The van der Waals surface area contributed by atoms with E-state index in [1.165, 1.54) is 25.7 Å². The topological polar surface area (TPSA) is 55.1 Å². The highest BCUT2D eigenvalue weighted by atomic mass is 32.2. The van der Waals surface area contributed by atoms with E-state index in [1.54, 1.807) is 0 Å². The molecule has 3 N–H and O–H groups in total. The molecule has 1 amide bonds. The second-order valence-corrected chi connectivity index (χ2v) is 6.37. The predicted molar refractivity (Wildman–Crippen MR) is 84.6 cm³/mol. The number of nitrogens with one attached hydrogen (secondary N) is 1. The fourth-order valence-corrected chi connectivity index (χ4v) is 3.63. The number of para-hydroxylation sites is 1. The quantitative estimate of drug-likeness (QED) is 0.819. The van der Waals surface area contributed by atoms with E-state index in [9.17, 15) is 4.79 Å². The van der Waals surface area contributed by atoms with Crippen LogP contribution >= 0.6 is 11.8 Å². The van der Waals surface area contributed by atoms with Gasteiger partial charge in [-0.3, -0.25) is 4.79 Å². The van der Waals surface area contributed by atoms with Crippen LogP contribution in [0.2, 0.25) is 0 Å². The summed E-state index contributed by atoms with van der Waals surface area (Å²) < 4.78 is 0. The van der Waals surface area contributed by atoms with Crippen LogP contribution in [0.5, 0.6) is 0 Å². The summed E-state index contributed by atoms with van der Waals surface area (Å²) in [6.45, 7) is 0. The van der Waals surface area contributed by atoms with Gasteiger partial charge in [0.25, 0.3) is 0 Å². The van der Waals surface area contributed by atoms with Crippen molar-refractivity contribution in [3.05, 3.63) is 24.3 Å². The molecule has 1 saturated carbocycles. The van der Waals surface area contributed by atoms with E-state index in [1.807, 2.05) is 36.0 Å². The lowest BCUT2D eigenvalue weighted by atomic mass is 10.2. The maximum atomic E-state index is 12.0. The molecule has 1 aliphatic rings. The van der Waals surface area contributed by atoms with Crippen molar-refractivity contribution in [3.8, 4) is 12.3 Å². The third-order valence-electron chi connectivity index (χ3n) is 3.42. The van der Waals surface area contributed by atoms with Crippen molar-refractivity contribution in [1.82, 2.24) is 0 Å². The Balaban J connectivity index is 2.03. The standard InChI is InChI=1S/C16H20N2OS/c1-2-7-13(17)16(19)18-14-10-5-6-11-15(14)20-12-8-3-4-9-12/h1,5-6,10-13H,3-4,7-9,17H2,(H,18,19). The van der Waals surface area contributed by atoms with Crippen LogP contribution in [0.3, 0.4) is 0 Å². The lowest BCUT2D eigenvalue weighted by Gasteiger charge is -2.15. The molecule has 2 rings (SSSR count). The Hall–Kier alpha value is -1.44. The SMILES string of the molecule is C#CCC(N)C(=O)Nc1ccccc1SC1CCCC1. The molecule has 1 fully saturated rings. The van der Waals surface area contributed by atoms with Crippen LogP contribution in [0, 0.1) is 12.3 Å². The van der Waals surface area contributed by atoms with Crippen molar-refractivity contribution >= 4 is 23.4 Å². The van der Waals surface area contributed by atoms with Crippen molar-refractivity contribution in [3.63, 3.8) is 0 Å². The van der Waals surface area contributed by atoms with E-state index in [-0.39, 0.29) is 12.3 Å². The summed E-state index contributed by atoms with van der Waals surface area (Å²) in [5.41, 5.74) is 6.56. The molecule has 0 aromatic heterocycles. The average Bonchev–Trinajstić information content (AvgIpc) is 2.94. The lowest BCUT2D eigenvalue weighted by molar-refractivity contribution is -0.117. The van der Waals surface area contributed by atoms with Crippen LogP contribution in [0.15, 0.2) is 29.2 Å². The first-order valence-electron chi connectivity index (χ1n) is 6.96. The fraction of sp³-hybridized carbons (Fsp3) is 0.438. The Morgan fingerprint density at radius 3 is 2.85 bits per heavy atom. The van der Waals surface area contributed by atoms with Crippen LogP contribution in [0.1, 0.15) is 32.1 Å². The third kappa shape index (κ3) is 4.03. The largest absolute Gasteiger partial charge is 0.324 e. The molecule has 1 atom stereocenters. The van der Waals surface area contributed by atoms with Crippen LogP contribution < -0.4 is 11.1 Å². The molecule has 1 unspecified atom stereocenters. The van der Waals surface area contributed by atoms with Gasteiger partial charge in [0.1, 0.15) is 0 Å². The van der Waals surface area contributed by atoms with E-state index in [2.05, 4.69) is 11.2 Å². The Labute approximate surface area is 124 Å². The molecular formula is C16H20N2OS. The van der Waals surface area contributed by atoms with Gasteiger partial charge in [-0.15, -0.1) is 24.1 Å². The average molecular weight is 288 g/mol. The normalized spacial score (nSPS) is 16.6. The van der Waals surface area contributed by atoms with Gasteiger partial charge in [0.2, 0.25) is 5.91 Å². The molecule has 4 heteroatoms. The molecule has 1 aromatic rings. The van der Waals surface area contributed by atoms with Crippen LogP contribution in [-0.2, 0) is 4.79 Å². The summed E-state index contributed by atoms with van der Waals surface area (Å²) in [4.78, 5) is 13.1. The number of carbonyl (C=O) groups is 1. The number of terminal acetylenes is 1. The number of hydrogen-bond donors (Lipinski definition) is 2. The number of thioether (sulfide) groups is 1. The summed E-state index contributed by atoms with van der Waals surface area (Å²) >= 11 is 1.85. The van der Waals surface area contributed by atoms with Gasteiger partial charge in [0.05, 0.1) is 11.7 Å². The molecule has 0 bridgehead atoms. The predicted octanol–water partition coefficient (Wildman–Crippen LogP) is 3.01. The highest BCUT2D eigenvalue weighted by Gasteiger charge is 2.19. The highest BCUT2D eigenvalue weighted by molar-refractivity contribution is 8.00. The van der Waals surface area contributed by atoms with Gasteiger partial charge in [-0.05, 0) is 25.0 Å². The first-order valence-corrected chi connectivity index (χ1v) is 7.84. The number of rotatable bonds is 5. The van der Waals surface area contributed by atoms with Crippen molar-refractivity contribution in [2.24, 2.45) is 5.73 Å². The van der Waals surface area contributed by atoms with Gasteiger partial charge < -0.3 is 11.1 Å². The van der Waals surface area contributed by atoms with E-state index >= 15 is 0 Å². The van der Waals surface area contributed by atoms with Crippen molar-refractivity contribution in [2.45, 2.75) is 48.3 Å². The van der Waals surface area contributed by atoms with E-state index in [0.717, 1.165) is 10.6 Å². The van der Waals surface area contributed by atoms with Crippen molar-refractivity contribution < 1.29 is 4.79 Å². The maximum Gasteiger partial charge on any atom is 0.242 e. The minimum absolute atomic E-state index is 0.220. The second-order valence-electron chi connectivity index (χ2n) is 5.02. The number of hydrogen-bond acceptors (Lipinski definition) is 3. The van der Waals surface area contributed by atoms with Gasteiger partial charge in [-0.25, -0.2) is 0 Å². The minimum atomic E-state index is -0.649. The Morgan fingerprint density at radius 1 is 1.45 bits per heavy atom. The first-order chi connectivity index (χ1) is 9.70. The molecule has 20 heavy (non-hydrogen) atoms. The summed E-state index contributed by atoms with van der Waals surface area (Å²) in [7, 11) is 0. The van der Waals surface area contributed by atoms with E-state index < -0.39 is 6.04 Å². The Kier molecular flexibility index (Phi) is 5.51. The second kappa shape index (κ2) is 7.37. The van der Waals surface area contributed by atoms with Crippen LogP contribution in [0.25, 0.3) is 0 Å². The molecular weight excluding hydrogens is 268 g/mol. The monoisotopic (exact) mass is 288 g/mol. The molecule has 0 spiro atoms. The van der Waals surface area contributed by atoms with Crippen molar-refractivity contribution in [1.29, 1.82) is 0 Å². The molecule has 0 aliphatic heterocycles. The minimum Gasteiger partial charge on any atom is -0.324 e. The van der Waals surface area contributed by atoms with Gasteiger partial charge in [-0.2, -0.15) is 0 Å². The van der Waals surface area contributed by atoms with Gasteiger partial charge >= 0.3 is 0 Å². The molecule has 1 aliphatic carbocycles. The maximum absolute atomic E-state index is 12.0. The number of nitrogens with two attached hydrogens (primary N) is 1. The number of amides is 1. The van der Waals surface area contributed by atoms with Gasteiger partial charge in [0.15, 0.2) is 0 Å². The van der Waals surface area contributed by atoms with E-state index in [0.29, 0.717) is 5.25 Å². The summed E-state index contributed by atoms with van der Waals surface area (Å²) in [5, 5.41) is 3.55. The lowest BCUT2D eigenvalue weighted by Crippen LogP contribution is -2.35. The number of carbonyl (C=O) groups excluding carboxylic acids is 1. The summed E-state index contributed by atoms with van der Waals surface area (Å²) in [6, 6.07) is 7.22. The Bertz CT molecular complexity index is 503. The molecule has 1 aromatic carbocycles. The molecule has 3 nitrogen and oxygen atoms in total. The third-order valence-corrected chi connectivity index (χ3v) is 4.83.